The largest absolute Gasteiger partial charge is 0.573 e. The van der Waals surface area contributed by atoms with E-state index < -0.39 is 6.36 Å². The first-order valence-corrected chi connectivity index (χ1v) is 9.41. The molecule has 0 amide bonds. The Kier molecular flexibility index (Phi) is 4.82. The molecule has 2 aromatic rings. The molecule has 2 heterocycles. The van der Waals surface area contributed by atoms with Crippen molar-refractivity contribution in [2.75, 3.05) is 30.0 Å². The fourth-order valence-corrected chi connectivity index (χ4v) is 3.80. The Balaban J connectivity index is 1.44. The van der Waals surface area contributed by atoms with E-state index in [-0.39, 0.29) is 11.3 Å². The van der Waals surface area contributed by atoms with E-state index in [1.54, 1.807) is 12.1 Å². The number of alkyl halides is 3. The SMILES string of the molecule is CCNc1cc(CN2CN(c3ccc(OC(F)(F)F)cc3)CC23CC3)ccn1. The van der Waals surface area contributed by atoms with Crippen LogP contribution in [0.1, 0.15) is 25.3 Å². The zero-order chi connectivity index (χ0) is 19.8. The Bertz CT molecular complexity index is 821. The van der Waals surface area contributed by atoms with Crippen molar-refractivity contribution in [1.29, 1.82) is 0 Å². The summed E-state index contributed by atoms with van der Waals surface area (Å²) in [5.41, 5.74) is 2.28. The molecule has 5 nitrogen and oxygen atoms in total. The minimum absolute atomic E-state index is 0.169. The third-order valence-corrected chi connectivity index (χ3v) is 5.32. The van der Waals surface area contributed by atoms with Gasteiger partial charge in [0.05, 0.1) is 6.67 Å². The maximum atomic E-state index is 12.3. The zero-order valence-electron chi connectivity index (χ0n) is 15.7. The fraction of sp³-hybridized carbons (Fsp3) is 0.450. The number of hydrogen-bond acceptors (Lipinski definition) is 5. The van der Waals surface area contributed by atoms with Gasteiger partial charge in [-0.1, -0.05) is 0 Å². The Morgan fingerprint density at radius 2 is 1.93 bits per heavy atom. The lowest BCUT2D eigenvalue weighted by Gasteiger charge is -2.23. The van der Waals surface area contributed by atoms with Gasteiger partial charge in [0.2, 0.25) is 0 Å². The summed E-state index contributed by atoms with van der Waals surface area (Å²) in [6, 6.07) is 10.2. The summed E-state index contributed by atoms with van der Waals surface area (Å²) < 4.78 is 41.0. The molecule has 0 atom stereocenters. The summed E-state index contributed by atoms with van der Waals surface area (Å²) in [4.78, 5) is 9.00. The van der Waals surface area contributed by atoms with Crippen molar-refractivity contribution >= 4 is 11.5 Å². The number of pyridine rings is 1. The van der Waals surface area contributed by atoms with Crippen molar-refractivity contribution < 1.29 is 17.9 Å². The highest BCUT2D eigenvalue weighted by Crippen LogP contribution is 2.47. The molecule has 2 aliphatic rings. The normalized spacial score (nSPS) is 18.5. The van der Waals surface area contributed by atoms with Crippen molar-refractivity contribution in [3.63, 3.8) is 0 Å². The molecule has 28 heavy (non-hydrogen) atoms. The molecule has 2 fully saturated rings. The first kappa shape index (κ1) is 18.9. The van der Waals surface area contributed by atoms with E-state index in [1.807, 2.05) is 19.2 Å². The lowest BCUT2D eigenvalue weighted by atomic mass is 10.2. The van der Waals surface area contributed by atoms with E-state index in [4.69, 9.17) is 0 Å². The van der Waals surface area contributed by atoms with E-state index in [0.717, 1.165) is 50.6 Å². The van der Waals surface area contributed by atoms with Gasteiger partial charge >= 0.3 is 6.36 Å². The van der Waals surface area contributed by atoms with E-state index in [9.17, 15) is 13.2 Å². The summed E-state index contributed by atoms with van der Waals surface area (Å²) in [6.45, 7) is 5.32. The van der Waals surface area contributed by atoms with Crippen molar-refractivity contribution in [2.45, 2.75) is 38.2 Å². The van der Waals surface area contributed by atoms with Crippen LogP contribution in [0, 0.1) is 0 Å². The first-order chi connectivity index (χ1) is 13.4. The van der Waals surface area contributed by atoms with Gasteiger partial charge in [0, 0.05) is 37.1 Å². The number of nitrogens with zero attached hydrogens (tertiary/aromatic N) is 3. The molecule has 1 saturated heterocycles. The fourth-order valence-electron chi connectivity index (χ4n) is 3.80. The molecule has 0 bridgehead atoms. The number of hydrogen-bond donors (Lipinski definition) is 1. The minimum atomic E-state index is -4.67. The van der Waals surface area contributed by atoms with E-state index in [2.05, 4.69) is 30.9 Å². The molecule has 0 unspecified atom stereocenters. The molecule has 8 heteroatoms. The predicted molar refractivity (Wildman–Crippen MR) is 101 cm³/mol. The van der Waals surface area contributed by atoms with Crippen LogP contribution in [0.4, 0.5) is 24.7 Å². The van der Waals surface area contributed by atoms with Crippen LogP contribution in [-0.2, 0) is 6.54 Å². The lowest BCUT2D eigenvalue weighted by molar-refractivity contribution is -0.274. The monoisotopic (exact) mass is 392 g/mol. The van der Waals surface area contributed by atoms with Gasteiger partial charge in [-0.05, 0) is 61.7 Å². The molecule has 1 saturated carbocycles. The van der Waals surface area contributed by atoms with Crippen LogP contribution in [0.5, 0.6) is 5.75 Å². The van der Waals surface area contributed by atoms with Gasteiger partial charge in [0.15, 0.2) is 0 Å². The number of halogens is 3. The number of nitrogens with one attached hydrogen (secondary N) is 1. The Morgan fingerprint density at radius 3 is 2.57 bits per heavy atom. The standard InChI is InChI=1S/C20H23F3N4O/c1-2-24-18-11-15(7-10-25-18)12-27-14-26(13-19(27)8-9-19)16-3-5-17(6-4-16)28-20(21,22)23/h3-7,10-11H,2,8-9,12-14H2,1H3,(H,24,25). The van der Waals surface area contributed by atoms with Gasteiger partial charge in [-0.15, -0.1) is 13.2 Å². The first-order valence-electron chi connectivity index (χ1n) is 9.41. The van der Waals surface area contributed by atoms with Crippen molar-refractivity contribution in [3.8, 4) is 5.75 Å². The molecular weight excluding hydrogens is 369 g/mol. The average molecular weight is 392 g/mol. The number of anilines is 2. The molecular formula is C20H23F3N4O. The summed E-state index contributed by atoms with van der Waals surface area (Å²) in [5, 5.41) is 3.23. The molecule has 1 N–H and O–H groups in total. The van der Waals surface area contributed by atoms with Gasteiger partial charge in [-0.25, -0.2) is 4.98 Å². The number of aromatic nitrogens is 1. The smallest absolute Gasteiger partial charge is 0.406 e. The van der Waals surface area contributed by atoms with Crippen LogP contribution in [-0.4, -0.2) is 41.5 Å². The third-order valence-electron chi connectivity index (χ3n) is 5.32. The zero-order valence-corrected chi connectivity index (χ0v) is 15.7. The van der Waals surface area contributed by atoms with Gasteiger partial charge < -0.3 is 15.0 Å². The molecule has 150 valence electrons. The van der Waals surface area contributed by atoms with Crippen LogP contribution in [0.2, 0.25) is 0 Å². The van der Waals surface area contributed by atoms with Gasteiger partial charge in [0.25, 0.3) is 0 Å². The highest BCUT2D eigenvalue weighted by atomic mass is 19.4. The summed E-state index contributed by atoms with van der Waals surface area (Å²) in [6.07, 6.45) is -0.561. The van der Waals surface area contributed by atoms with Gasteiger partial charge in [-0.2, -0.15) is 0 Å². The van der Waals surface area contributed by atoms with Crippen LogP contribution < -0.4 is 15.0 Å². The van der Waals surface area contributed by atoms with Crippen LogP contribution >= 0.6 is 0 Å². The summed E-state index contributed by atoms with van der Waals surface area (Å²) in [5.74, 6) is 0.683. The van der Waals surface area contributed by atoms with Gasteiger partial charge in [0.1, 0.15) is 11.6 Å². The second-order valence-electron chi connectivity index (χ2n) is 7.38. The van der Waals surface area contributed by atoms with Crippen LogP contribution in [0.15, 0.2) is 42.6 Å². The Hall–Kier alpha value is -2.48. The van der Waals surface area contributed by atoms with E-state index in [0.29, 0.717) is 0 Å². The number of ether oxygens (including phenoxy) is 1. The Labute approximate surface area is 162 Å². The Morgan fingerprint density at radius 1 is 1.18 bits per heavy atom. The summed E-state index contributed by atoms with van der Waals surface area (Å²) >= 11 is 0. The summed E-state index contributed by atoms with van der Waals surface area (Å²) in [7, 11) is 0. The second-order valence-corrected chi connectivity index (χ2v) is 7.38. The van der Waals surface area contributed by atoms with Gasteiger partial charge in [-0.3, -0.25) is 4.90 Å². The highest BCUT2D eigenvalue weighted by Gasteiger charge is 2.53. The quantitative estimate of drug-likeness (QED) is 0.797. The number of benzene rings is 1. The topological polar surface area (TPSA) is 40.6 Å². The maximum absolute atomic E-state index is 12.3. The molecule has 1 aromatic carbocycles. The third kappa shape index (κ3) is 4.16. The van der Waals surface area contributed by atoms with Crippen LogP contribution in [0.25, 0.3) is 0 Å². The molecule has 1 aliphatic heterocycles. The molecule has 1 spiro atoms. The van der Waals surface area contributed by atoms with Crippen molar-refractivity contribution in [2.24, 2.45) is 0 Å². The molecule has 0 radical (unpaired) electrons. The molecule has 1 aliphatic carbocycles. The number of rotatable bonds is 6. The van der Waals surface area contributed by atoms with E-state index in [1.165, 1.54) is 17.7 Å². The predicted octanol–water partition coefficient (Wildman–Crippen LogP) is 4.22. The maximum Gasteiger partial charge on any atom is 0.573 e. The van der Waals surface area contributed by atoms with E-state index >= 15 is 0 Å². The second kappa shape index (κ2) is 7.16. The lowest BCUT2D eigenvalue weighted by Crippen LogP contribution is -2.32. The average Bonchev–Trinajstić information content (AvgIpc) is 3.32. The van der Waals surface area contributed by atoms with Crippen molar-refractivity contribution in [3.05, 3.63) is 48.2 Å². The molecule has 1 aromatic heterocycles. The highest BCUT2D eigenvalue weighted by molar-refractivity contribution is 5.51. The van der Waals surface area contributed by atoms with Crippen molar-refractivity contribution in [1.82, 2.24) is 9.88 Å². The minimum Gasteiger partial charge on any atom is -0.406 e. The molecule has 4 rings (SSSR count). The van der Waals surface area contributed by atoms with Crippen LogP contribution in [0.3, 0.4) is 0 Å².